The van der Waals surface area contributed by atoms with Crippen molar-refractivity contribution >= 4 is 28.4 Å². The fourth-order valence-corrected chi connectivity index (χ4v) is 3.95. The first-order chi connectivity index (χ1) is 18.6. The second-order valence-corrected chi connectivity index (χ2v) is 8.74. The Kier molecular flexibility index (Phi) is 7.77. The minimum Gasteiger partial charge on any atom is -0.457 e. The van der Waals surface area contributed by atoms with Crippen molar-refractivity contribution in [3.05, 3.63) is 127 Å². The number of carbonyl (C=O) groups excluding carboxylic acids is 2. The van der Waals surface area contributed by atoms with Crippen molar-refractivity contribution in [1.29, 1.82) is 0 Å². The van der Waals surface area contributed by atoms with E-state index in [-0.39, 0.29) is 18.4 Å². The van der Waals surface area contributed by atoms with E-state index in [0.29, 0.717) is 23.6 Å². The quantitative estimate of drug-likeness (QED) is 0.220. The predicted octanol–water partition coefficient (Wildman–Crippen LogP) is 5.91. The molecule has 0 aliphatic heterocycles. The van der Waals surface area contributed by atoms with E-state index in [0.717, 1.165) is 22.2 Å². The van der Waals surface area contributed by atoms with Gasteiger partial charge in [0.1, 0.15) is 17.5 Å². The molecule has 0 radical (unpaired) electrons. The Balaban J connectivity index is 1.26. The zero-order valence-corrected chi connectivity index (χ0v) is 20.6. The lowest BCUT2D eigenvalue weighted by molar-refractivity contribution is -0.119. The van der Waals surface area contributed by atoms with Gasteiger partial charge >= 0.3 is 0 Å². The van der Waals surface area contributed by atoms with Crippen molar-refractivity contribution < 1.29 is 19.1 Å². The minimum atomic E-state index is -0.909. The van der Waals surface area contributed by atoms with Crippen LogP contribution in [0, 0.1) is 0 Å². The molecule has 7 nitrogen and oxygen atoms in total. The van der Waals surface area contributed by atoms with E-state index < -0.39 is 6.04 Å². The highest BCUT2D eigenvalue weighted by Crippen LogP contribution is 2.23. The van der Waals surface area contributed by atoms with Crippen LogP contribution < -0.4 is 15.4 Å². The molecule has 5 rings (SSSR count). The van der Waals surface area contributed by atoms with Crippen LogP contribution in [-0.4, -0.2) is 29.4 Å². The van der Waals surface area contributed by atoms with Crippen molar-refractivity contribution in [2.24, 2.45) is 0 Å². The molecule has 7 heteroatoms. The Hall–Kier alpha value is -4.88. The summed E-state index contributed by atoms with van der Waals surface area (Å²) in [7, 11) is 0. The van der Waals surface area contributed by atoms with Crippen LogP contribution in [0.4, 0.5) is 5.69 Å². The largest absolute Gasteiger partial charge is 0.457 e. The van der Waals surface area contributed by atoms with Crippen LogP contribution in [0.25, 0.3) is 10.9 Å². The number of fused-ring (bicyclic) bond motifs is 1. The first-order valence-corrected chi connectivity index (χ1v) is 12.3. The third kappa shape index (κ3) is 6.46. The van der Waals surface area contributed by atoms with Crippen LogP contribution in [-0.2, 0) is 16.1 Å². The Morgan fingerprint density at radius 2 is 1.50 bits per heavy atom. The summed E-state index contributed by atoms with van der Waals surface area (Å²) in [6.07, 6.45) is 1.82. The third-order valence-electron chi connectivity index (χ3n) is 5.93. The van der Waals surface area contributed by atoms with Gasteiger partial charge in [0.15, 0.2) is 0 Å². The van der Waals surface area contributed by atoms with Crippen molar-refractivity contribution in [1.82, 2.24) is 10.3 Å². The molecule has 1 heterocycles. The molecule has 4 aromatic carbocycles. The van der Waals surface area contributed by atoms with E-state index in [1.54, 1.807) is 36.4 Å². The maximum atomic E-state index is 13.2. The molecular formula is C31H27N3O4. The molecule has 5 aromatic rings. The normalized spacial score (nSPS) is 11.6. The lowest BCUT2D eigenvalue weighted by Gasteiger charge is -2.19. The number of benzene rings is 4. The number of carbonyl (C=O) groups is 2. The number of hydrogen-bond acceptors (Lipinski definition) is 4. The SMILES string of the molecule is O=C(NC(COCc1ccccc1)C(=O)Nc1ccc(Oc2ccccc2)cc1)c1ccc2[nH]ccc2c1. The van der Waals surface area contributed by atoms with Gasteiger partial charge in [-0.05, 0) is 66.2 Å². The molecule has 1 atom stereocenters. The zero-order valence-electron chi connectivity index (χ0n) is 20.6. The zero-order chi connectivity index (χ0) is 26.2. The Morgan fingerprint density at radius 3 is 2.26 bits per heavy atom. The van der Waals surface area contributed by atoms with Gasteiger partial charge in [-0.3, -0.25) is 9.59 Å². The van der Waals surface area contributed by atoms with E-state index in [2.05, 4.69) is 15.6 Å². The number of aromatic amines is 1. The summed E-state index contributed by atoms with van der Waals surface area (Å²) < 4.78 is 11.6. The van der Waals surface area contributed by atoms with E-state index in [9.17, 15) is 9.59 Å². The van der Waals surface area contributed by atoms with Gasteiger partial charge in [-0.25, -0.2) is 0 Å². The van der Waals surface area contributed by atoms with E-state index >= 15 is 0 Å². The molecular weight excluding hydrogens is 478 g/mol. The molecule has 0 saturated carbocycles. The van der Waals surface area contributed by atoms with Crippen LogP contribution >= 0.6 is 0 Å². The Morgan fingerprint density at radius 1 is 0.789 bits per heavy atom. The van der Waals surface area contributed by atoms with Gasteiger partial charge in [-0.15, -0.1) is 0 Å². The summed E-state index contributed by atoms with van der Waals surface area (Å²) in [5.41, 5.74) is 2.94. The molecule has 0 bridgehead atoms. The van der Waals surface area contributed by atoms with Crippen LogP contribution in [0.5, 0.6) is 11.5 Å². The molecule has 2 amide bonds. The van der Waals surface area contributed by atoms with Crippen molar-refractivity contribution in [3.8, 4) is 11.5 Å². The van der Waals surface area contributed by atoms with Crippen molar-refractivity contribution in [2.75, 3.05) is 11.9 Å². The number of nitrogens with one attached hydrogen (secondary N) is 3. The molecule has 0 fully saturated rings. The molecule has 0 saturated heterocycles. The molecule has 38 heavy (non-hydrogen) atoms. The van der Waals surface area contributed by atoms with Gasteiger partial charge < -0.3 is 25.1 Å². The molecule has 1 unspecified atom stereocenters. The number of amides is 2. The summed E-state index contributed by atoms with van der Waals surface area (Å²) in [4.78, 5) is 29.4. The second kappa shape index (κ2) is 11.9. The van der Waals surface area contributed by atoms with Gasteiger partial charge in [0.2, 0.25) is 5.91 Å². The number of hydrogen-bond donors (Lipinski definition) is 3. The first-order valence-electron chi connectivity index (χ1n) is 12.3. The fraction of sp³-hybridized carbons (Fsp3) is 0.0968. The highest BCUT2D eigenvalue weighted by molar-refractivity contribution is 6.02. The smallest absolute Gasteiger partial charge is 0.252 e. The highest BCUT2D eigenvalue weighted by atomic mass is 16.5. The Bertz CT molecular complexity index is 1500. The highest BCUT2D eigenvalue weighted by Gasteiger charge is 2.22. The van der Waals surface area contributed by atoms with Crippen LogP contribution in [0.2, 0.25) is 0 Å². The monoisotopic (exact) mass is 505 g/mol. The topological polar surface area (TPSA) is 92.4 Å². The maximum Gasteiger partial charge on any atom is 0.252 e. The summed E-state index contributed by atoms with van der Waals surface area (Å²) in [5.74, 6) is 0.625. The van der Waals surface area contributed by atoms with Crippen molar-refractivity contribution in [2.45, 2.75) is 12.6 Å². The number of ether oxygens (including phenoxy) is 2. The summed E-state index contributed by atoms with van der Waals surface area (Å²) in [5, 5.41) is 6.61. The minimum absolute atomic E-state index is 0.00800. The van der Waals surface area contributed by atoms with Crippen molar-refractivity contribution in [3.63, 3.8) is 0 Å². The first kappa shape index (κ1) is 24.8. The maximum absolute atomic E-state index is 13.2. The van der Waals surface area contributed by atoms with E-state index in [1.807, 2.05) is 79.0 Å². The number of H-pyrrole nitrogens is 1. The molecule has 0 aliphatic rings. The van der Waals surface area contributed by atoms with Crippen LogP contribution in [0.3, 0.4) is 0 Å². The number of aromatic nitrogens is 1. The molecule has 1 aromatic heterocycles. The van der Waals surface area contributed by atoms with Gasteiger partial charge in [-0.1, -0.05) is 48.5 Å². The van der Waals surface area contributed by atoms with E-state index in [4.69, 9.17) is 9.47 Å². The standard InChI is InChI=1S/C31H27N3O4/c35-30(24-11-16-28-23(19-24)17-18-32-28)34-29(21-37-20-22-7-3-1-4-8-22)31(36)33-25-12-14-27(15-13-25)38-26-9-5-2-6-10-26/h1-19,29,32H,20-21H2,(H,33,36)(H,34,35). The number of para-hydroxylation sites is 1. The average molecular weight is 506 g/mol. The van der Waals surface area contributed by atoms with Gasteiger partial charge in [0.25, 0.3) is 5.91 Å². The van der Waals surface area contributed by atoms with Gasteiger partial charge in [-0.2, -0.15) is 0 Å². The molecule has 190 valence electrons. The average Bonchev–Trinajstić information content (AvgIpc) is 3.43. The molecule has 3 N–H and O–H groups in total. The molecule has 0 spiro atoms. The van der Waals surface area contributed by atoms with Gasteiger partial charge in [0, 0.05) is 28.4 Å². The number of anilines is 1. The predicted molar refractivity (Wildman–Crippen MR) is 147 cm³/mol. The summed E-state index contributed by atoms with van der Waals surface area (Å²) >= 11 is 0. The summed E-state index contributed by atoms with van der Waals surface area (Å²) in [6, 6.07) is 32.5. The third-order valence-corrected chi connectivity index (χ3v) is 5.93. The lowest BCUT2D eigenvalue weighted by Crippen LogP contribution is -2.46. The number of rotatable bonds is 10. The fourth-order valence-electron chi connectivity index (χ4n) is 3.95. The van der Waals surface area contributed by atoms with Crippen LogP contribution in [0.1, 0.15) is 15.9 Å². The van der Waals surface area contributed by atoms with Crippen LogP contribution in [0.15, 0.2) is 115 Å². The van der Waals surface area contributed by atoms with E-state index in [1.165, 1.54) is 0 Å². The summed E-state index contributed by atoms with van der Waals surface area (Å²) in [6.45, 7) is 0.329. The second-order valence-electron chi connectivity index (χ2n) is 8.74. The van der Waals surface area contributed by atoms with Gasteiger partial charge in [0.05, 0.1) is 13.2 Å². The Labute approximate surface area is 220 Å². The molecule has 0 aliphatic carbocycles. The lowest BCUT2D eigenvalue weighted by atomic mass is 10.1.